The lowest BCUT2D eigenvalue weighted by atomic mass is 10.1. The Morgan fingerprint density at radius 3 is 2.19 bits per heavy atom. The summed E-state index contributed by atoms with van der Waals surface area (Å²) < 4.78 is 30.3. The van der Waals surface area contributed by atoms with Gasteiger partial charge in [-0.05, 0) is 97.5 Å². The van der Waals surface area contributed by atoms with Gasteiger partial charge in [-0.2, -0.15) is 0 Å². The van der Waals surface area contributed by atoms with Crippen LogP contribution in [0.25, 0.3) is 0 Å². The Bertz CT molecular complexity index is 1340. The van der Waals surface area contributed by atoms with E-state index in [0.717, 1.165) is 17.9 Å². The van der Waals surface area contributed by atoms with Gasteiger partial charge in [-0.15, -0.1) is 0 Å². The van der Waals surface area contributed by atoms with Gasteiger partial charge >= 0.3 is 0 Å². The first kappa shape index (κ1) is 29.1. The van der Waals surface area contributed by atoms with E-state index in [4.69, 9.17) is 0 Å². The summed E-state index contributed by atoms with van der Waals surface area (Å²) in [5.41, 5.74) is 1.16. The molecule has 0 saturated heterocycles. The highest BCUT2D eigenvalue weighted by atomic mass is 127. The Balaban J connectivity index is 2.01. The summed E-state index contributed by atoms with van der Waals surface area (Å²) in [4.78, 5) is 28.2. The molecule has 0 saturated carbocycles. The topological polar surface area (TPSA) is 86.8 Å². The van der Waals surface area contributed by atoms with Gasteiger partial charge in [0.05, 0.1) is 10.6 Å². The van der Waals surface area contributed by atoms with Crippen LogP contribution in [0.1, 0.15) is 26.3 Å². The highest BCUT2D eigenvalue weighted by molar-refractivity contribution is 14.1. The molecule has 0 aliphatic heterocycles. The molecule has 2 amide bonds. The molecule has 0 bridgehead atoms. The van der Waals surface area contributed by atoms with Crippen LogP contribution in [0.4, 0.5) is 5.69 Å². The molecule has 0 aliphatic carbocycles. The molecule has 3 aromatic rings. The normalized spacial score (nSPS) is 12.2. The van der Waals surface area contributed by atoms with Crippen molar-refractivity contribution in [3.63, 3.8) is 0 Å². The van der Waals surface area contributed by atoms with Gasteiger partial charge in [-0.1, -0.05) is 46.3 Å². The first-order chi connectivity index (χ1) is 17.5. The molecule has 7 nitrogen and oxygen atoms in total. The molecule has 0 heterocycles. The van der Waals surface area contributed by atoms with Gasteiger partial charge in [-0.25, -0.2) is 8.42 Å². The predicted octanol–water partition coefficient (Wildman–Crippen LogP) is 5.19. The lowest BCUT2D eigenvalue weighted by molar-refractivity contribution is -0.139. The number of amides is 2. The number of hydrogen-bond acceptors (Lipinski definition) is 4. The van der Waals surface area contributed by atoms with E-state index in [1.807, 2.05) is 38.1 Å². The number of rotatable bonds is 10. The zero-order valence-corrected chi connectivity index (χ0v) is 25.3. The molecule has 0 radical (unpaired) electrons. The molecule has 0 unspecified atom stereocenters. The standard InChI is InChI=1S/C27H29BrIN3O4S/c1-19(2)30-27(34)20(3)31(17-21-8-7-9-22(28)16-21)26(33)18-32(24-14-12-23(29)13-15-24)37(35,36)25-10-5-4-6-11-25/h4-16,19-20H,17-18H2,1-3H3,(H,30,34)/t20-/m0/s1. The van der Waals surface area contributed by atoms with E-state index in [-0.39, 0.29) is 23.4 Å². The number of halogens is 2. The van der Waals surface area contributed by atoms with E-state index in [2.05, 4.69) is 43.8 Å². The van der Waals surface area contributed by atoms with Crippen LogP contribution < -0.4 is 9.62 Å². The van der Waals surface area contributed by atoms with E-state index >= 15 is 0 Å². The second kappa shape index (κ2) is 12.9. The van der Waals surface area contributed by atoms with Crippen molar-refractivity contribution in [2.24, 2.45) is 0 Å². The maximum Gasteiger partial charge on any atom is 0.264 e. The van der Waals surface area contributed by atoms with Crippen LogP contribution in [-0.2, 0) is 26.2 Å². The van der Waals surface area contributed by atoms with Crippen LogP contribution in [-0.4, -0.2) is 43.8 Å². The third-order valence-electron chi connectivity index (χ3n) is 5.56. The molecule has 37 heavy (non-hydrogen) atoms. The van der Waals surface area contributed by atoms with Crippen LogP contribution in [0.15, 0.2) is 88.2 Å². The SMILES string of the molecule is CC(C)NC(=O)[C@H](C)N(Cc1cccc(Br)c1)C(=O)CN(c1ccc(I)cc1)S(=O)(=O)c1ccccc1. The minimum atomic E-state index is -4.06. The molecule has 0 aromatic heterocycles. The van der Waals surface area contributed by atoms with Gasteiger partial charge in [-0.3, -0.25) is 13.9 Å². The number of anilines is 1. The Hall–Kier alpha value is -2.44. The fourth-order valence-electron chi connectivity index (χ4n) is 3.68. The summed E-state index contributed by atoms with van der Waals surface area (Å²) in [5, 5.41) is 2.85. The minimum absolute atomic E-state index is 0.0745. The fourth-order valence-corrected chi connectivity index (χ4v) is 5.92. The van der Waals surface area contributed by atoms with Crippen LogP contribution >= 0.6 is 38.5 Å². The van der Waals surface area contributed by atoms with Crippen LogP contribution in [0.3, 0.4) is 0 Å². The van der Waals surface area contributed by atoms with E-state index in [1.54, 1.807) is 49.4 Å². The number of nitrogens with one attached hydrogen (secondary N) is 1. The third kappa shape index (κ3) is 7.78. The number of nitrogens with zero attached hydrogens (tertiary/aromatic N) is 2. The second-order valence-corrected chi connectivity index (χ2v) is 12.8. The lowest BCUT2D eigenvalue weighted by Gasteiger charge is -2.32. The third-order valence-corrected chi connectivity index (χ3v) is 8.57. The largest absolute Gasteiger partial charge is 0.352 e. The summed E-state index contributed by atoms with van der Waals surface area (Å²) >= 11 is 5.58. The number of carbonyl (C=O) groups is 2. The average molecular weight is 698 g/mol. The summed E-state index contributed by atoms with van der Waals surface area (Å²) in [7, 11) is -4.06. The maximum atomic E-state index is 13.8. The van der Waals surface area contributed by atoms with Crippen LogP contribution in [0.5, 0.6) is 0 Å². The first-order valence-corrected chi connectivity index (χ1v) is 15.0. The predicted molar refractivity (Wildman–Crippen MR) is 158 cm³/mol. The van der Waals surface area contributed by atoms with Gasteiger partial charge in [0.15, 0.2) is 0 Å². The monoisotopic (exact) mass is 697 g/mol. The highest BCUT2D eigenvalue weighted by Gasteiger charge is 2.32. The van der Waals surface area contributed by atoms with Gasteiger partial charge in [0, 0.05) is 20.6 Å². The van der Waals surface area contributed by atoms with Crippen molar-refractivity contribution in [3.05, 3.63) is 92.5 Å². The van der Waals surface area contributed by atoms with Gasteiger partial charge in [0.2, 0.25) is 11.8 Å². The molecule has 3 aromatic carbocycles. The molecule has 0 aliphatic rings. The number of sulfonamides is 1. The number of hydrogen-bond donors (Lipinski definition) is 1. The summed E-state index contributed by atoms with van der Waals surface area (Å²) in [5.74, 6) is -0.811. The Morgan fingerprint density at radius 1 is 0.946 bits per heavy atom. The zero-order valence-electron chi connectivity index (χ0n) is 20.8. The summed E-state index contributed by atoms with van der Waals surface area (Å²) in [6, 6.07) is 21.4. The lowest BCUT2D eigenvalue weighted by Crippen LogP contribution is -2.52. The minimum Gasteiger partial charge on any atom is -0.352 e. The molecule has 1 atom stereocenters. The van der Waals surface area contributed by atoms with E-state index in [1.165, 1.54) is 17.0 Å². The Morgan fingerprint density at radius 2 is 1.59 bits per heavy atom. The molecule has 3 rings (SSSR count). The summed E-state index contributed by atoms with van der Waals surface area (Å²) in [6.07, 6.45) is 0. The van der Waals surface area contributed by atoms with Crippen molar-refractivity contribution >= 4 is 66.0 Å². The fraction of sp³-hybridized carbons (Fsp3) is 0.259. The molecular weight excluding hydrogens is 669 g/mol. The van der Waals surface area contributed by atoms with E-state index < -0.39 is 28.5 Å². The van der Waals surface area contributed by atoms with Gasteiger partial charge < -0.3 is 10.2 Å². The molecule has 0 fully saturated rings. The quantitative estimate of drug-likeness (QED) is 0.296. The zero-order chi connectivity index (χ0) is 27.2. The van der Waals surface area contributed by atoms with Gasteiger partial charge in [0.1, 0.15) is 12.6 Å². The Labute approximate surface area is 240 Å². The molecule has 196 valence electrons. The van der Waals surface area contributed by atoms with Crippen molar-refractivity contribution in [2.75, 3.05) is 10.8 Å². The van der Waals surface area contributed by atoms with Gasteiger partial charge in [0.25, 0.3) is 10.0 Å². The van der Waals surface area contributed by atoms with Crippen molar-refractivity contribution < 1.29 is 18.0 Å². The molecule has 1 N–H and O–H groups in total. The van der Waals surface area contributed by atoms with Crippen LogP contribution in [0.2, 0.25) is 0 Å². The van der Waals surface area contributed by atoms with Crippen molar-refractivity contribution in [3.8, 4) is 0 Å². The van der Waals surface area contributed by atoms with E-state index in [9.17, 15) is 18.0 Å². The van der Waals surface area contributed by atoms with Crippen molar-refractivity contribution in [1.82, 2.24) is 10.2 Å². The second-order valence-electron chi connectivity index (χ2n) is 8.79. The Kier molecular flexibility index (Phi) is 10.1. The van der Waals surface area contributed by atoms with Crippen molar-refractivity contribution in [2.45, 2.75) is 44.3 Å². The average Bonchev–Trinajstić information content (AvgIpc) is 2.86. The molecule has 10 heteroatoms. The number of carbonyl (C=O) groups excluding carboxylic acids is 2. The smallest absolute Gasteiger partial charge is 0.264 e. The highest BCUT2D eigenvalue weighted by Crippen LogP contribution is 2.25. The molecule has 0 spiro atoms. The maximum absolute atomic E-state index is 13.8. The van der Waals surface area contributed by atoms with E-state index in [0.29, 0.717) is 5.69 Å². The first-order valence-electron chi connectivity index (χ1n) is 11.7. The number of benzene rings is 3. The summed E-state index contributed by atoms with van der Waals surface area (Å²) in [6.45, 7) is 5.00. The molecular formula is C27H29BrIN3O4S. The van der Waals surface area contributed by atoms with Crippen molar-refractivity contribution in [1.29, 1.82) is 0 Å². The van der Waals surface area contributed by atoms with Crippen LogP contribution in [0, 0.1) is 3.57 Å².